The molecule has 0 atom stereocenters. The highest BCUT2D eigenvalue weighted by Crippen LogP contribution is 1.92. The minimum absolute atomic E-state index is 0.169. The zero-order valence-electron chi connectivity index (χ0n) is 13.1. The second-order valence-electron chi connectivity index (χ2n) is 4.96. The van der Waals surface area contributed by atoms with Gasteiger partial charge in [0.1, 0.15) is 0 Å². The normalized spacial score (nSPS) is 12.3. The first-order chi connectivity index (χ1) is 9.41. The maximum absolute atomic E-state index is 5.53. The lowest BCUT2D eigenvalue weighted by Crippen LogP contribution is -2.11. The maximum Gasteiger partial charge on any atom is 0.0701 e. The van der Waals surface area contributed by atoms with Gasteiger partial charge in [0.2, 0.25) is 0 Å². The van der Waals surface area contributed by atoms with E-state index in [1.54, 1.807) is 0 Å². The molecule has 0 fully saturated rings. The van der Waals surface area contributed by atoms with E-state index in [4.69, 9.17) is 14.2 Å². The summed E-state index contributed by atoms with van der Waals surface area (Å²) in [4.78, 5) is 0. The molecule has 0 spiro atoms. The maximum atomic E-state index is 5.53. The van der Waals surface area contributed by atoms with Crippen molar-refractivity contribution in [3.8, 4) is 0 Å². The van der Waals surface area contributed by atoms with Crippen LogP contribution >= 0.6 is 0 Å². The van der Waals surface area contributed by atoms with E-state index in [1.165, 1.54) is 37.0 Å². The van der Waals surface area contributed by atoms with Gasteiger partial charge in [-0.3, -0.25) is 0 Å². The number of hydrogen-bond acceptors (Lipinski definition) is 3. The molecule has 0 aliphatic carbocycles. The smallest absolute Gasteiger partial charge is 0.0701 e. The topological polar surface area (TPSA) is 27.7 Å². The van der Waals surface area contributed by atoms with E-state index in [1.807, 2.05) is 0 Å². The van der Waals surface area contributed by atoms with Crippen molar-refractivity contribution in [3.63, 3.8) is 0 Å². The summed E-state index contributed by atoms with van der Waals surface area (Å²) in [6, 6.07) is 5.55. The van der Waals surface area contributed by atoms with Gasteiger partial charge in [-0.1, -0.05) is 38.8 Å². The van der Waals surface area contributed by atoms with Gasteiger partial charge in [0.15, 0.2) is 0 Å². The minimum Gasteiger partial charge on any atom is -0.379 e. The van der Waals surface area contributed by atoms with E-state index >= 15 is 0 Å². The van der Waals surface area contributed by atoms with Crippen LogP contribution in [0.1, 0.15) is 26.7 Å². The first-order valence-corrected chi connectivity index (χ1v) is 12.1. The second kappa shape index (κ2) is 18.3. The van der Waals surface area contributed by atoms with Crippen LogP contribution in [0.3, 0.4) is 0 Å². The Balaban J connectivity index is 2.88. The van der Waals surface area contributed by atoms with E-state index in [2.05, 4.69) is 13.8 Å². The third kappa shape index (κ3) is 18.3. The molecule has 0 saturated heterocycles. The monoisotopic (exact) mass is 306 g/mol. The van der Waals surface area contributed by atoms with Crippen molar-refractivity contribution in [1.82, 2.24) is 0 Å². The van der Waals surface area contributed by atoms with Gasteiger partial charge < -0.3 is 14.2 Å². The van der Waals surface area contributed by atoms with E-state index in [0.29, 0.717) is 13.2 Å². The Bertz CT molecular complexity index is 144. The highest BCUT2D eigenvalue weighted by molar-refractivity contribution is 6.35. The van der Waals surface area contributed by atoms with Gasteiger partial charge in [0.25, 0.3) is 0 Å². The minimum atomic E-state index is 0.169. The van der Waals surface area contributed by atoms with Crippen molar-refractivity contribution in [2.75, 3.05) is 39.6 Å². The standard InChI is InChI=1S/C14H34O3Si2/c1-3-11-18-13-9-16-7-5-15-6-8-17-10-14-19-12-4-2/h3-14,18-19H2,1-2H3. The number of rotatable bonds is 16. The Morgan fingerprint density at radius 3 is 1.26 bits per heavy atom. The third-order valence-electron chi connectivity index (χ3n) is 3.03. The third-order valence-corrected chi connectivity index (χ3v) is 7.02. The summed E-state index contributed by atoms with van der Waals surface area (Å²) in [5.41, 5.74) is 0. The molecule has 0 radical (unpaired) electrons. The fourth-order valence-corrected chi connectivity index (χ4v) is 4.33. The Kier molecular flexibility index (Phi) is 18.6. The fourth-order valence-electron chi connectivity index (χ4n) is 1.80. The van der Waals surface area contributed by atoms with Gasteiger partial charge in [-0.15, -0.1) is 0 Å². The van der Waals surface area contributed by atoms with Crippen molar-refractivity contribution < 1.29 is 14.2 Å². The molecule has 0 saturated carbocycles. The SMILES string of the molecule is CCC[SiH2]CCOCCOCCOCC[SiH2]CCC. The van der Waals surface area contributed by atoms with Gasteiger partial charge >= 0.3 is 0 Å². The van der Waals surface area contributed by atoms with E-state index in [9.17, 15) is 0 Å². The quantitative estimate of drug-likeness (QED) is 0.322. The van der Waals surface area contributed by atoms with Gasteiger partial charge in [-0.25, -0.2) is 0 Å². The molecule has 0 unspecified atom stereocenters. The van der Waals surface area contributed by atoms with Crippen LogP contribution in [0, 0.1) is 0 Å². The molecular weight excluding hydrogens is 272 g/mol. The largest absolute Gasteiger partial charge is 0.379 e. The average molecular weight is 307 g/mol. The van der Waals surface area contributed by atoms with Gasteiger partial charge in [0.05, 0.1) is 26.4 Å². The van der Waals surface area contributed by atoms with Crippen molar-refractivity contribution in [2.24, 2.45) is 0 Å². The molecule has 0 aromatic heterocycles. The van der Waals surface area contributed by atoms with Crippen LogP contribution in [-0.2, 0) is 14.2 Å². The lowest BCUT2D eigenvalue weighted by molar-refractivity contribution is 0.0195. The summed E-state index contributed by atoms with van der Waals surface area (Å²) >= 11 is 0. The zero-order valence-corrected chi connectivity index (χ0v) is 16.0. The summed E-state index contributed by atoms with van der Waals surface area (Å²) in [6.07, 6.45) is 2.69. The molecule has 116 valence electrons. The van der Waals surface area contributed by atoms with Crippen LogP contribution in [0.15, 0.2) is 0 Å². The van der Waals surface area contributed by atoms with Crippen LogP contribution < -0.4 is 0 Å². The fraction of sp³-hybridized carbons (Fsp3) is 1.00. The van der Waals surface area contributed by atoms with Crippen molar-refractivity contribution >= 4 is 19.0 Å². The molecule has 3 nitrogen and oxygen atoms in total. The Labute approximate surface area is 124 Å². The molecule has 0 bridgehead atoms. The summed E-state index contributed by atoms with van der Waals surface area (Å²) in [5, 5.41) is 0. The number of ether oxygens (including phenoxy) is 3. The molecule has 0 heterocycles. The van der Waals surface area contributed by atoms with Crippen molar-refractivity contribution in [2.45, 2.75) is 50.9 Å². The molecule has 19 heavy (non-hydrogen) atoms. The second-order valence-corrected chi connectivity index (χ2v) is 9.20. The Hall–Kier alpha value is 0.314. The Morgan fingerprint density at radius 1 is 0.526 bits per heavy atom. The van der Waals surface area contributed by atoms with E-state index < -0.39 is 0 Å². The zero-order chi connectivity index (χ0) is 14.0. The van der Waals surface area contributed by atoms with Crippen molar-refractivity contribution in [3.05, 3.63) is 0 Å². The van der Waals surface area contributed by atoms with Gasteiger partial charge in [0, 0.05) is 32.3 Å². The molecule has 0 amide bonds. The molecule has 0 N–H and O–H groups in total. The first-order valence-electron chi connectivity index (χ1n) is 8.15. The van der Waals surface area contributed by atoms with Crippen LogP contribution in [0.2, 0.25) is 24.2 Å². The lowest BCUT2D eigenvalue weighted by atomic mass is 10.6. The number of hydrogen-bond donors (Lipinski definition) is 0. The van der Waals surface area contributed by atoms with E-state index in [0.717, 1.165) is 26.4 Å². The lowest BCUT2D eigenvalue weighted by Gasteiger charge is -2.06. The van der Waals surface area contributed by atoms with Gasteiger partial charge in [-0.2, -0.15) is 0 Å². The average Bonchev–Trinajstić information content (AvgIpc) is 2.43. The first kappa shape index (κ1) is 19.3. The van der Waals surface area contributed by atoms with Crippen molar-refractivity contribution in [1.29, 1.82) is 0 Å². The highest BCUT2D eigenvalue weighted by atomic mass is 28.2. The molecule has 0 rings (SSSR count). The molecular formula is C14H34O3Si2. The van der Waals surface area contributed by atoms with Crippen LogP contribution in [0.4, 0.5) is 0 Å². The Morgan fingerprint density at radius 2 is 0.895 bits per heavy atom. The van der Waals surface area contributed by atoms with Crippen LogP contribution in [0.5, 0.6) is 0 Å². The summed E-state index contributed by atoms with van der Waals surface area (Å²) < 4.78 is 16.5. The summed E-state index contributed by atoms with van der Waals surface area (Å²) in [5.74, 6) is 0. The highest BCUT2D eigenvalue weighted by Gasteiger charge is 1.93. The predicted molar refractivity (Wildman–Crippen MR) is 89.4 cm³/mol. The molecule has 0 aromatic rings. The molecule has 5 heteroatoms. The van der Waals surface area contributed by atoms with Crippen LogP contribution in [0.25, 0.3) is 0 Å². The van der Waals surface area contributed by atoms with Gasteiger partial charge in [-0.05, 0) is 12.1 Å². The molecule has 0 aromatic carbocycles. The molecule has 0 aliphatic rings. The summed E-state index contributed by atoms with van der Waals surface area (Å²) in [7, 11) is 0.337. The summed E-state index contributed by atoms with van der Waals surface area (Å²) in [6.45, 7) is 9.30. The predicted octanol–water partition coefficient (Wildman–Crippen LogP) is 1.87. The molecule has 0 aliphatic heterocycles. The van der Waals surface area contributed by atoms with Crippen LogP contribution in [-0.4, -0.2) is 58.7 Å². The van der Waals surface area contributed by atoms with E-state index in [-0.39, 0.29) is 19.0 Å².